The summed E-state index contributed by atoms with van der Waals surface area (Å²) in [5, 5.41) is 7.64. The molecule has 114 valence electrons. The summed E-state index contributed by atoms with van der Waals surface area (Å²) in [7, 11) is 0. The molecular formula is C15H24N6. The van der Waals surface area contributed by atoms with Crippen LogP contribution in [0.5, 0.6) is 0 Å². The second-order valence-electron chi connectivity index (χ2n) is 5.96. The first-order chi connectivity index (χ1) is 10.3. The third kappa shape index (κ3) is 3.15. The molecule has 0 radical (unpaired) electrons. The highest BCUT2D eigenvalue weighted by molar-refractivity contribution is 5.97. The van der Waals surface area contributed by atoms with E-state index in [1.54, 1.807) is 12.4 Å². The molecule has 2 aliphatic rings. The van der Waals surface area contributed by atoms with Gasteiger partial charge in [-0.25, -0.2) is 9.97 Å². The third-order valence-corrected chi connectivity index (χ3v) is 4.61. The van der Waals surface area contributed by atoms with Crippen molar-refractivity contribution in [2.24, 2.45) is 5.73 Å². The molecule has 6 nitrogen and oxygen atoms in total. The first-order valence-electron chi connectivity index (χ1n) is 7.90. The predicted molar refractivity (Wildman–Crippen MR) is 83.7 cm³/mol. The molecule has 3 rings (SSSR count). The molecule has 0 saturated carbocycles. The maximum absolute atomic E-state index is 7.64. The number of anilines is 1. The number of likely N-dealkylation sites (tertiary alicyclic amines) is 1. The van der Waals surface area contributed by atoms with Crippen LogP contribution in [0.15, 0.2) is 12.4 Å². The van der Waals surface area contributed by atoms with Gasteiger partial charge >= 0.3 is 0 Å². The van der Waals surface area contributed by atoms with E-state index < -0.39 is 0 Å². The van der Waals surface area contributed by atoms with Crippen molar-refractivity contribution < 1.29 is 0 Å². The van der Waals surface area contributed by atoms with Gasteiger partial charge in [-0.1, -0.05) is 6.42 Å². The Morgan fingerprint density at radius 3 is 2.38 bits per heavy atom. The summed E-state index contributed by atoms with van der Waals surface area (Å²) < 4.78 is 0. The van der Waals surface area contributed by atoms with Crippen LogP contribution in [-0.2, 0) is 0 Å². The van der Waals surface area contributed by atoms with E-state index in [2.05, 4.69) is 19.8 Å². The van der Waals surface area contributed by atoms with Crippen LogP contribution in [0, 0.1) is 5.41 Å². The van der Waals surface area contributed by atoms with Gasteiger partial charge in [-0.15, -0.1) is 0 Å². The van der Waals surface area contributed by atoms with Gasteiger partial charge < -0.3 is 15.5 Å². The van der Waals surface area contributed by atoms with Crippen molar-refractivity contribution in [3.63, 3.8) is 0 Å². The average Bonchev–Trinajstić information content (AvgIpc) is 2.56. The van der Waals surface area contributed by atoms with Crippen LogP contribution in [0.1, 0.15) is 37.8 Å². The molecule has 21 heavy (non-hydrogen) atoms. The van der Waals surface area contributed by atoms with Crippen molar-refractivity contribution in [2.75, 3.05) is 31.1 Å². The topological polar surface area (TPSA) is 82.1 Å². The molecule has 0 atom stereocenters. The summed E-state index contributed by atoms with van der Waals surface area (Å²) >= 11 is 0. The van der Waals surface area contributed by atoms with E-state index in [0.717, 1.165) is 31.7 Å². The Kier molecular flexibility index (Phi) is 4.34. The molecule has 2 aliphatic heterocycles. The first-order valence-corrected chi connectivity index (χ1v) is 7.90. The average molecular weight is 288 g/mol. The van der Waals surface area contributed by atoms with Gasteiger partial charge in [-0.2, -0.15) is 0 Å². The fourth-order valence-electron chi connectivity index (χ4n) is 3.48. The van der Waals surface area contributed by atoms with Gasteiger partial charge in [0, 0.05) is 31.5 Å². The van der Waals surface area contributed by atoms with Crippen molar-refractivity contribution in [1.29, 1.82) is 5.41 Å². The van der Waals surface area contributed by atoms with Crippen LogP contribution < -0.4 is 10.6 Å². The molecular weight excluding hydrogens is 264 g/mol. The number of amidine groups is 1. The molecule has 0 aliphatic carbocycles. The van der Waals surface area contributed by atoms with E-state index in [1.165, 1.54) is 32.4 Å². The van der Waals surface area contributed by atoms with E-state index in [1.807, 2.05) is 0 Å². The number of aromatic nitrogens is 2. The molecule has 1 aromatic rings. The zero-order valence-electron chi connectivity index (χ0n) is 12.5. The van der Waals surface area contributed by atoms with Crippen LogP contribution in [0.3, 0.4) is 0 Å². The zero-order chi connectivity index (χ0) is 14.7. The summed E-state index contributed by atoms with van der Waals surface area (Å²) in [6.45, 7) is 4.46. The van der Waals surface area contributed by atoms with Crippen LogP contribution >= 0.6 is 0 Å². The Morgan fingerprint density at radius 2 is 1.71 bits per heavy atom. The molecule has 0 unspecified atom stereocenters. The lowest BCUT2D eigenvalue weighted by molar-refractivity contribution is 0.141. The number of nitrogens with one attached hydrogen (secondary N) is 1. The number of hydrogen-bond acceptors (Lipinski definition) is 5. The number of nitrogens with two attached hydrogens (primary N) is 1. The van der Waals surface area contributed by atoms with E-state index in [9.17, 15) is 0 Å². The van der Waals surface area contributed by atoms with Gasteiger partial charge in [-0.05, 0) is 38.8 Å². The van der Waals surface area contributed by atoms with E-state index >= 15 is 0 Å². The SMILES string of the molecule is N=C(N)c1nccnc1N1CCC(N2CCCCC2)CC1. The summed E-state index contributed by atoms with van der Waals surface area (Å²) in [6, 6.07) is 0.707. The van der Waals surface area contributed by atoms with Crippen LogP contribution in [0.25, 0.3) is 0 Å². The summed E-state index contributed by atoms with van der Waals surface area (Å²) in [5.74, 6) is 0.762. The summed E-state index contributed by atoms with van der Waals surface area (Å²) in [5.41, 5.74) is 6.12. The molecule has 0 bridgehead atoms. The van der Waals surface area contributed by atoms with E-state index in [0.29, 0.717) is 11.7 Å². The molecule has 1 aromatic heterocycles. The quantitative estimate of drug-likeness (QED) is 0.645. The highest BCUT2D eigenvalue weighted by Gasteiger charge is 2.27. The smallest absolute Gasteiger partial charge is 0.158 e. The van der Waals surface area contributed by atoms with Gasteiger partial charge in [0.05, 0.1) is 0 Å². The minimum Gasteiger partial charge on any atom is -0.382 e. The molecule has 3 heterocycles. The fraction of sp³-hybridized carbons (Fsp3) is 0.667. The number of hydrogen-bond donors (Lipinski definition) is 2. The molecule has 3 N–H and O–H groups in total. The zero-order valence-corrected chi connectivity index (χ0v) is 12.5. The highest BCUT2D eigenvalue weighted by atomic mass is 15.2. The largest absolute Gasteiger partial charge is 0.382 e. The van der Waals surface area contributed by atoms with Crippen molar-refractivity contribution in [3.05, 3.63) is 18.1 Å². The van der Waals surface area contributed by atoms with Gasteiger partial charge in [-0.3, -0.25) is 5.41 Å². The van der Waals surface area contributed by atoms with Gasteiger partial charge in [0.15, 0.2) is 5.82 Å². The molecule has 0 spiro atoms. The molecule has 2 fully saturated rings. The molecule has 0 amide bonds. The second kappa shape index (κ2) is 6.39. The van der Waals surface area contributed by atoms with Gasteiger partial charge in [0.2, 0.25) is 0 Å². The minimum absolute atomic E-state index is 0.00347. The molecule has 6 heteroatoms. The lowest BCUT2D eigenvalue weighted by atomic mass is 10.00. The lowest BCUT2D eigenvalue weighted by Crippen LogP contribution is -2.47. The van der Waals surface area contributed by atoms with Crippen LogP contribution in [0.2, 0.25) is 0 Å². The van der Waals surface area contributed by atoms with E-state index in [4.69, 9.17) is 11.1 Å². The standard InChI is InChI=1S/C15H24N6/c16-14(17)13-15(19-7-6-18-13)21-10-4-12(5-11-21)20-8-2-1-3-9-20/h6-7,12H,1-5,8-11H2,(H3,16,17). The maximum atomic E-state index is 7.64. The van der Waals surface area contributed by atoms with Crippen molar-refractivity contribution in [3.8, 4) is 0 Å². The van der Waals surface area contributed by atoms with Gasteiger partial charge in [0.25, 0.3) is 0 Å². The maximum Gasteiger partial charge on any atom is 0.158 e. The minimum atomic E-state index is -0.00347. The number of nitrogen functional groups attached to an aromatic ring is 1. The van der Waals surface area contributed by atoms with Gasteiger partial charge in [0.1, 0.15) is 11.5 Å². The molecule has 2 saturated heterocycles. The second-order valence-corrected chi connectivity index (χ2v) is 5.96. The van der Waals surface area contributed by atoms with Crippen molar-refractivity contribution in [2.45, 2.75) is 38.1 Å². The Morgan fingerprint density at radius 1 is 1.05 bits per heavy atom. The Balaban J connectivity index is 1.64. The van der Waals surface area contributed by atoms with Crippen molar-refractivity contribution in [1.82, 2.24) is 14.9 Å². The Labute approximate surface area is 125 Å². The summed E-state index contributed by atoms with van der Waals surface area (Å²) in [4.78, 5) is 13.5. The van der Waals surface area contributed by atoms with E-state index in [-0.39, 0.29) is 5.84 Å². The normalized spacial score (nSPS) is 21.4. The Bertz CT molecular complexity index is 489. The number of rotatable bonds is 3. The predicted octanol–water partition coefficient (Wildman–Crippen LogP) is 1.22. The number of nitrogens with zero attached hydrogens (tertiary/aromatic N) is 4. The van der Waals surface area contributed by atoms with Crippen LogP contribution in [0.4, 0.5) is 5.82 Å². The molecule has 0 aromatic carbocycles. The first kappa shape index (κ1) is 14.3. The van der Waals surface area contributed by atoms with Crippen LogP contribution in [-0.4, -0.2) is 52.9 Å². The number of piperidine rings is 2. The lowest BCUT2D eigenvalue weighted by Gasteiger charge is -2.40. The summed E-state index contributed by atoms with van der Waals surface area (Å²) in [6.07, 6.45) is 9.68. The van der Waals surface area contributed by atoms with Crippen molar-refractivity contribution >= 4 is 11.7 Å². The fourth-order valence-corrected chi connectivity index (χ4v) is 3.48. The monoisotopic (exact) mass is 288 g/mol. The third-order valence-electron chi connectivity index (χ3n) is 4.61. The Hall–Kier alpha value is -1.69. The highest BCUT2D eigenvalue weighted by Crippen LogP contribution is 2.24.